The van der Waals surface area contributed by atoms with Crippen molar-refractivity contribution in [3.8, 4) is 0 Å². The number of nitrogens with zero attached hydrogens (tertiary/aromatic N) is 4. The zero-order valence-electron chi connectivity index (χ0n) is 11.6. The van der Waals surface area contributed by atoms with E-state index in [-0.39, 0.29) is 5.92 Å². The summed E-state index contributed by atoms with van der Waals surface area (Å²) >= 11 is 0. The Morgan fingerprint density at radius 2 is 1.84 bits per heavy atom. The third-order valence-corrected chi connectivity index (χ3v) is 2.78. The van der Waals surface area contributed by atoms with Crippen molar-refractivity contribution in [3.63, 3.8) is 0 Å². The molecule has 102 valence electrons. The van der Waals surface area contributed by atoms with Crippen LogP contribution >= 0.6 is 0 Å². The van der Waals surface area contributed by atoms with Gasteiger partial charge in [-0.1, -0.05) is 13.8 Å². The van der Waals surface area contributed by atoms with Crippen LogP contribution in [0, 0.1) is 6.92 Å². The zero-order valence-corrected chi connectivity index (χ0v) is 11.6. The lowest BCUT2D eigenvalue weighted by atomic mass is 10.2. The summed E-state index contributed by atoms with van der Waals surface area (Å²) in [5.41, 5.74) is 3.62. The first-order chi connectivity index (χ1) is 8.99. The molecular weight excluding hydrogens is 242 g/mol. The van der Waals surface area contributed by atoms with Crippen LogP contribution in [0.25, 0.3) is 0 Å². The molecule has 7 nitrogen and oxygen atoms in total. The Kier molecular flexibility index (Phi) is 3.66. The lowest BCUT2D eigenvalue weighted by Crippen LogP contribution is -2.12. The van der Waals surface area contributed by atoms with E-state index in [1.54, 1.807) is 10.7 Å². The van der Waals surface area contributed by atoms with Crippen molar-refractivity contribution >= 4 is 17.5 Å². The van der Waals surface area contributed by atoms with Crippen LogP contribution in [0.2, 0.25) is 0 Å². The highest BCUT2D eigenvalue weighted by Gasteiger charge is 2.09. The predicted molar refractivity (Wildman–Crippen MR) is 75.2 cm³/mol. The van der Waals surface area contributed by atoms with Crippen molar-refractivity contribution in [2.75, 3.05) is 10.7 Å². The van der Waals surface area contributed by atoms with Crippen molar-refractivity contribution in [3.05, 3.63) is 23.7 Å². The van der Waals surface area contributed by atoms with E-state index in [9.17, 15) is 0 Å². The molecule has 0 amide bonds. The van der Waals surface area contributed by atoms with Gasteiger partial charge in [-0.25, -0.2) is 15.8 Å². The highest BCUT2D eigenvalue weighted by molar-refractivity contribution is 5.56. The number of rotatable bonds is 4. The number of hydrogen-bond donors (Lipinski definition) is 3. The summed E-state index contributed by atoms with van der Waals surface area (Å²) in [4.78, 5) is 8.75. The topological polar surface area (TPSA) is 93.7 Å². The fourth-order valence-corrected chi connectivity index (χ4v) is 1.61. The maximum atomic E-state index is 5.42. The van der Waals surface area contributed by atoms with Gasteiger partial charge in [0.15, 0.2) is 5.82 Å². The summed E-state index contributed by atoms with van der Waals surface area (Å²) in [6.45, 7) is 6.05. The van der Waals surface area contributed by atoms with Crippen molar-refractivity contribution in [2.24, 2.45) is 12.9 Å². The van der Waals surface area contributed by atoms with Gasteiger partial charge in [-0.15, -0.1) is 0 Å². The number of nitrogens with two attached hydrogens (primary N) is 1. The van der Waals surface area contributed by atoms with E-state index in [0.717, 1.165) is 17.3 Å². The average molecular weight is 261 g/mol. The van der Waals surface area contributed by atoms with E-state index in [4.69, 9.17) is 5.84 Å². The molecule has 2 aromatic rings. The molecule has 7 heteroatoms. The molecule has 2 aromatic heterocycles. The first kappa shape index (κ1) is 13.3. The molecule has 0 bridgehead atoms. The first-order valence-electron chi connectivity index (χ1n) is 6.13. The standard InChI is InChI=1S/C12H19N7/c1-7(2)12-15-9(6-10(16-12)17-13)14-11-5-8(3)19(4)18-11/h5-7H,13H2,1-4H3,(H2,14,15,16,17,18). The minimum Gasteiger partial charge on any atom is -0.323 e. The van der Waals surface area contributed by atoms with E-state index in [2.05, 4.69) is 25.8 Å². The van der Waals surface area contributed by atoms with Crippen LogP contribution < -0.4 is 16.6 Å². The maximum Gasteiger partial charge on any atom is 0.153 e. The fraction of sp³-hybridized carbons (Fsp3) is 0.417. The van der Waals surface area contributed by atoms with Crippen LogP contribution in [-0.4, -0.2) is 19.7 Å². The van der Waals surface area contributed by atoms with Crippen LogP contribution in [-0.2, 0) is 7.05 Å². The van der Waals surface area contributed by atoms with Gasteiger partial charge in [-0.05, 0) is 6.92 Å². The number of aromatic nitrogens is 4. The van der Waals surface area contributed by atoms with Gasteiger partial charge in [0.25, 0.3) is 0 Å². The van der Waals surface area contributed by atoms with Gasteiger partial charge in [-0.3, -0.25) is 4.68 Å². The molecule has 4 N–H and O–H groups in total. The van der Waals surface area contributed by atoms with E-state index < -0.39 is 0 Å². The average Bonchev–Trinajstić information content (AvgIpc) is 2.67. The van der Waals surface area contributed by atoms with Crippen LogP contribution in [0.4, 0.5) is 17.5 Å². The number of nitrogen functional groups attached to an aromatic ring is 1. The third kappa shape index (κ3) is 3.00. The van der Waals surface area contributed by atoms with Gasteiger partial charge in [0.2, 0.25) is 0 Å². The van der Waals surface area contributed by atoms with Gasteiger partial charge in [0, 0.05) is 30.8 Å². The molecule has 0 aromatic carbocycles. The summed E-state index contributed by atoms with van der Waals surface area (Å²) in [5, 5.41) is 7.49. The second-order valence-corrected chi connectivity index (χ2v) is 4.72. The van der Waals surface area contributed by atoms with E-state index >= 15 is 0 Å². The summed E-state index contributed by atoms with van der Waals surface area (Å²) < 4.78 is 1.80. The van der Waals surface area contributed by atoms with E-state index in [0.29, 0.717) is 11.6 Å². The third-order valence-electron chi connectivity index (χ3n) is 2.78. The Bertz CT molecular complexity index is 554. The minimum atomic E-state index is 0.222. The maximum absolute atomic E-state index is 5.42. The summed E-state index contributed by atoms with van der Waals surface area (Å²) in [6.07, 6.45) is 0. The molecule has 0 spiro atoms. The highest BCUT2D eigenvalue weighted by atomic mass is 15.3. The second kappa shape index (κ2) is 5.23. The quantitative estimate of drug-likeness (QED) is 0.572. The summed E-state index contributed by atoms with van der Waals surface area (Å²) in [7, 11) is 1.90. The van der Waals surface area contributed by atoms with Crippen molar-refractivity contribution in [2.45, 2.75) is 26.7 Å². The number of hydrazine groups is 1. The molecule has 0 atom stereocenters. The molecule has 2 rings (SSSR count). The zero-order chi connectivity index (χ0) is 14.0. The number of hydrogen-bond acceptors (Lipinski definition) is 6. The van der Waals surface area contributed by atoms with E-state index in [1.165, 1.54) is 0 Å². The normalized spacial score (nSPS) is 10.8. The molecule has 2 heterocycles. The molecular formula is C12H19N7. The number of nitrogens with one attached hydrogen (secondary N) is 2. The lowest BCUT2D eigenvalue weighted by Gasteiger charge is -2.10. The van der Waals surface area contributed by atoms with Crippen molar-refractivity contribution in [1.29, 1.82) is 0 Å². The Balaban J connectivity index is 2.31. The Hall–Kier alpha value is -2.15. The van der Waals surface area contributed by atoms with Gasteiger partial charge in [0.05, 0.1) is 0 Å². The molecule has 0 unspecified atom stereocenters. The first-order valence-corrected chi connectivity index (χ1v) is 6.13. The molecule has 0 aliphatic carbocycles. The second-order valence-electron chi connectivity index (χ2n) is 4.72. The predicted octanol–water partition coefficient (Wildman–Crippen LogP) is 1.67. The summed E-state index contributed by atoms with van der Waals surface area (Å²) in [6, 6.07) is 3.70. The summed E-state index contributed by atoms with van der Waals surface area (Å²) in [5.74, 6) is 8.37. The molecule has 0 radical (unpaired) electrons. The fourth-order valence-electron chi connectivity index (χ4n) is 1.61. The molecule has 0 fully saturated rings. The number of aryl methyl sites for hydroxylation is 2. The van der Waals surface area contributed by atoms with Crippen LogP contribution in [0.5, 0.6) is 0 Å². The highest BCUT2D eigenvalue weighted by Crippen LogP contribution is 2.19. The van der Waals surface area contributed by atoms with Crippen LogP contribution in [0.3, 0.4) is 0 Å². The van der Waals surface area contributed by atoms with Gasteiger partial charge >= 0.3 is 0 Å². The largest absolute Gasteiger partial charge is 0.323 e. The molecule has 19 heavy (non-hydrogen) atoms. The SMILES string of the molecule is Cc1cc(Nc2cc(NN)nc(C(C)C)n2)nn1C. The van der Waals surface area contributed by atoms with Crippen LogP contribution in [0.1, 0.15) is 31.3 Å². The van der Waals surface area contributed by atoms with E-state index in [1.807, 2.05) is 33.9 Å². The Morgan fingerprint density at radius 3 is 2.37 bits per heavy atom. The minimum absolute atomic E-state index is 0.222. The van der Waals surface area contributed by atoms with Gasteiger partial charge in [0.1, 0.15) is 17.5 Å². The molecule has 0 saturated heterocycles. The molecule has 0 aliphatic heterocycles. The smallest absolute Gasteiger partial charge is 0.153 e. The van der Waals surface area contributed by atoms with Crippen molar-refractivity contribution in [1.82, 2.24) is 19.7 Å². The molecule has 0 aliphatic rings. The Morgan fingerprint density at radius 1 is 1.16 bits per heavy atom. The number of anilines is 3. The lowest BCUT2D eigenvalue weighted by molar-refractivity contribution is 0.742. The molecule has 0 saturated carbocycles. The van der Waals surface area contributed by atoms with Gasteiger partial charge < -0.3 is 10.7 Å². The van der Waals surface area contributed by atoms with Crippen molar-refractivity contribution < 1.29 is 0 Å². The van der Waals surface area contributed by atoms with Crippen LogP contribution in [0.15, 0.2) is 12.1 Å². The monoisotopic (exact) mass is 261 g/mol. The Labute approximate surface area is 112 Å². The van der Waals surface area contributed by atoms with Gasteiger partial charge in [-0.2, -0.15) is 5.10 Å².